The third-order valence-electron chi connectivity index (χ3n) is 7.97. The molecule has 2 aliphatic rings. The minimum absolute atomic E-state index is 0.0657. The van der Waals surface area contributed by atoms with Crippen molar-refractivity contribution in [2.24, 2.45) is 11.7 Å². The number of aliphatic carboxylic acids is 1. The zero-order valence-electron chi connectivity index (χ0n) is 23.3. The Bertz CT molecular complexity index is 1350. The number of likely N-dealkylation sites (tertiary alicyclic amines) is 1. The van der Waals surface area contributed by atoms with E-state index in [1.54, 1.807) is 18.5 Å². The van der Waals surface area contributed by atoms with Gasteiger partial charge in [0.05, 0.1) is 12.5 Å². The predicted molar refractivity (Wildman–Crippen MR) is 154 cm³/mol. The molecule has 0 saturated carbocycles. The number of carboxylic acids is 1. The van der Waals surface area contributed by atoms with E-state index in [1.165, 1.54) is 0 Å². The van der Waals surface area contributed by atoms with Crippen molar-refractivity contribution >= 4 is 17.6 Å². The fourth-order valence-corrected chi connectivity index (χ4v) is 5.89. The summed E-state index contributed by atoms with van der Waals surface area (Å²) in [4.78, 5) is 39.3. The summed E-state index contributed by atoms with van der Waals surface area (Å²) in [6.07, 6.45) is 6.17. The van der Waals surface area contributed by atoms with Gasteiger partial charge in [-0.15, -0.1) is 0 Å². The fraction of sp³-hybridized carbons (Fsp3) is 0.419. The van der Waals surface area contributed by atoms with Crippen LogP contribution in [0, 0.1) is 5.92 Å². The van der Waals surface area contributed by atoms with E-state index in [1.807, 2.05) is 52.3 Å². The lowest BCUT2D eigenvalue weighted by Gasteiger charge is -2.30. The number of anilines is 1. The molecule has 0 spiro atoms. The molecule has 0 radical (unpaired) electrons. The maximum Gasteiger partial charge on any atom is 0.308 e. The van der Waals surface area contributed by atoms with Gasteiger partial charge in [0.2, 0.25) is 12.7 Å². The minimum Gasteiger partial charge on any atom is -0.481 e. The molecule has 3 atom stereocenters. The van der Waals surface area contributed by atoms with Gasteiger partial charge in [-0.1, -0.05) is 31.5 Å². The lowest BCUT2D eigenvalue weighted by atomic mass is 9.83. The van der Waals surface area contributed by atoms with E-state index in [0.717, 1.165) is 29.7 Å². The first kappa shape index (κ1) is 28.5. The van der Waals surface area contributed by atoms with Gasteiger partial charge in [-0.05, 0) is 54.3 Å². The van der Waals surface area contributed by atoms with Crippen LogP contribution >= 0.6 is 0 Å². The van der Waals surface area contributed by atoms with Crippen LogP contribution in [-0.4, -0.2) is 64.3 Å². The summed E-state index contributed by atoms with van der Waals surface area (Å²) in [5.41, 5.74) is 8.50. The molecule has 1 fully saturated rings. The van der Waals surface area contributed by atoms with Crippen molar-refractivity contribution in [3.8, 4) is 11.5 Å². The maximum atomic E-state index is 13.9. The second-order valence-corrected chi connectivity index (χ2v) is 10.6. The predicted octanol–water partition coefficient (Wildman–Crippen LogP) is 3.60. The molecular weight excluding hydrogens is 522 g/mol. The first-order valence-electron chi connectivity index (χ1n) is 14.2. The van der Waals surface area contributed by atoms with Crippen LogP contribution in [-0.2, 0) is 22.6 Å². The van der Waals surface area contributed by atoms with Crippen LogP contribution < -0.4 is 20.1 Å². The number of nitrogens with zero attached hydrogens (tertiary/aromatic N) is 4. The normalized spacial score (nSPS) is 19.8. The van der Waals surface area contributed by atoms with E-state index in [-0.39, 0.29) is 31.2 Å². The summed E-state index contributed by atoms with van der Waals surface area (Å²) in [6, 6.07) is 14.7. The molecule has 10 nitrogen and oxygen atoms in total. The van der Waals surface area contributed by atoms with Crippen molar-refractivity contribution in [2.75, 3.05) is 31.3 Å². The Labute approximate surface area is 240 Å². The molecule has 3 unspecified atom stereocenters. The second-order valence-electron chi connectivity index (χ2n) is 10.6. The number of ether oxygens (including phenoxy) is 2. The zero-order valence-corrected chi connectivity index (χ0v) is 23.3. The lowest BCUT2D eigenvalue weighted by molar-refractivity contribution is -0.143. The number of fused-ring (bicyclic) bond motifs is 1. The van der Waals surface area contributed by atoms with Gasteiger partial charge in [-0.2, -0.15) is 0 Å². The highest BCUT2D eigenvalue weighted by Crippen LogP contribution is 2.43. The largest absolute Gasteiger partial charge is 0.481 e. The smallest absolute Gasteiger partial charge is 0.308 e. The zero-order chi connectivity index (χ0) is 28.8. The van der Waals surface area contributed by atoms with E-state index in [0.29, 0.717) is 49.8 Å². The van der Waals surface area contributed by atoms with Crippen molar-refractivity contribution in [3.05, 3.63) is 77.9 Å². The highest BCUT2D eigenvalue weighted by molar-refractivity contribution is 5.95. The highest BCUT2D eigenvalue weighted by Gasteiger charge is 2.47. The molecule has 1 amide bonds. The maximum absolute atomic E-state index is 13.9. The van der Waals surface area contributed by atoms with Crippen molar-refractivity contribution < 1.29 is 24.2 Å². The lowest BCUT2D eigenvalue weighted by Crippen LogP contribution is -2.44. The molecule has 2 aromatic carbocycles. The molecule has 0 bridgehead atoms. The molecule has 3 aromatic rings. The average Bonchev–Trinajstić information content (AvgIpc) is 3.61. The van der Waals surface area contributed by atoms with Crippen LogP contribution in [0.5, 0.6) is 11.5 Å². The number of amides is 1. The first-order valence-corrected chi connectivity index (χ1v) is 14.2. The first-order chi connectivity index (χ1) is 20.0. The Morgan fingerprint density at radius 3 is 2.66 bits per heavy atom. The van der Waals surface area contributed by atoms with Crippen LogP contribution in [0.2, 0.25) is 0 Å². The van der Waals surface area contributed by atoms with Gasteiger partial charge in [0.1, 0.15) is 5.82 Å². The van der Waals surface area contributed by atoms with Crippen LogP contribution in [0.25, 0.3) is 0 Å². The molecule has 1 saturated heterocycles. The molecule has 10 heteroatoms. The Kier molecular flexibility index (Phi) is 9.11. The quantitative estimate of drug-likeness (QED) is 0.342. The van der Waals surface area contributed by atoms with Gasteiger partial charge in [0.25, 0.3) is 0 Å². The van der Waals surface area contributed by atoms with Crippen molar-refractivity contribution in [1.29, 1.82) is 0 Å². The number of carbonyl (C=O) groups excluding carboxylic acids is 1. The molecule has 3 N–H and O–H groups in total. The van der Waals surface area contributed by atoms with Crippen LogP contribution in [0.15, 0.2) is 60.9 Å². The molecule has 5 rings (SSSR count). The number of hydrogen-bond donors (Lipinski definition) is 2. The summed E-state index contributed by atoms with van der Waals surface area (Å²) in [6.45, 7) is 3.72. The Hall–Kier alpha value is -4.02. The van der Waals surface area contributed by atoms with Gasteiger partial charge in [0, 0.05) is 56.1 Å². The molecular formula is C31H37N5O5. The Morgan fingerprint density at radius 2 is 1.90 bits per heavy atom. The summed E-state index contributed by atoms with van der Waals surface area (Å²) in [5.74, 6) is -0.102. The molecule has 3 heterocycles. The minimum atomic E-state index is -0.889. The van der Waals surface area contributed by atoms with Crippen LogP contribution in [0.3, 0.4) is 0 Å². The van der Waals surface area contributed by atoms with E-state index in [2.05, 4.69) is 16.9 Å². The average molecular weight is 560 g/mol. The van der Waals surface area contributed by atoms with E-state index < -0.39 is 11.9 Å². The number of benzene rings is 2. The molecule has 0 aliphatic carbocycles. The van der Waals surface area contributed by atoms with Gasteiger partial charge in [-0.3, -0.25) is 14.5 Å². The van der Waals surface area contributed by atoms with Gasteiger partial charge < -0.3 is 25.2 Å². The van der Waals surface area contributed by atoms with Crippen molar-refractivity contribution in [2.45, 2.75) is 51.1 Å². The number of carbonyl (C=O) groups is 2. The van der Waals surface area contributed by atoms with E-state index in [9.17, 15) is 14.7 Å². The standard InChI is InChI=1S/C31H37N5O5/c1-2-3-14-36(23-7-4-6-21(15-23)17-32)29(37)19-35-18-24(22-8-10-26-27(16-22)41-20-40-26)30(31(38)39)25(35)9-11-28-33-12-5-13-34-28/h4-8,10,12-13,15-16,24-25,30H,2-3,9,11,14,17-20,32H2,1H3,(H,38,39). The third-order valence-corrected chi connectivity index (χ3v) is 7.97. The van der Waals surface area contributed by atoms with E-state index in [4.69, 9.17) is 15.2 Å². The molecule has 216 valence electrons. The van der Waals surface area contributed by atoms with Gasteiger partial charge >= 0.3 is 5.97 Å². The number of aromatic nitrogens is 2. The molecule has 2 aliphatic heterocycles. The topological polar surface area (TPSA) is 131 Å². The highest BCUT2D eigenvalue weighted by atomic mass is 16.7. The number of nitrogens with two attached hydrogens (primary N) is 1. The third kappa shape index (κ3) is 6.49. The summed E-state index contributed by atoms with van der Waals surface area (Å²) >= 11 is 0. The molecule has 41 heavy (non-hydrogen) atoms. The van der Waals surface area contributed by atoms with Gasteiger partial charge in [-0.25, -0.2) is 9.97 Å². The van der Waals surface area contributed by atoms with Crippen LogP contribution in [0.4, 0.5) is 5.69 Å². The van der Waals surface area contributed by atoms with E-state index >= 15 is 0 Å². The van der Waals surface area contributed by atoms with Crippen molar-refractivity contribution in [1.82, 2.24) is 14.9 Å². The summed E-state index contributed by atoms with van der Waals surface area (Å²) < 4.78 is 11.1. The fourth-order valence-electron chi connectivity index (χ4n) is 5.89. The number of unbranched alkanes of at least 4 members (excludes halogenated alkanes) is 1. The summed E-state index contributed by atoms with van der Waals surface area (Å²) in [5, 5.41) is 10.5. The summed E-state index contributed by atoms with van der Waals surface area (Å²) in [7, 11) is 0. The Balaban J connectivity index is 1.44. The molecule has 1 aromatic heterocycles. The van der Waals surface area contributed by atoms with Crippen LogP contribution in [0.1, 0.15) is 49.1 Å². The SMILES string of the molecule is CCCCN(C(=O)CN1CC(c2ccc3c(c2)OCO3)C(C(=O)O)C1CCc1ncccn1)c1cccc(CN)c1. The van der Waals surface area contributed by atoms with Crippen molar-refractivity contribution in [3.63, 3.8) is 0 Å². The number of aryl methyl sites for hydroxylation is 1. The Morgan fingerprint density at radius 1 is 1.10 bits per heavy atom. The number of hydrogen-bond acceptors (Lipinski definition) is 8. The number of carboxylic acid groups (broad SMARTS) is 1. The second kappa shape index (κ2) is 13.1. The monoisotopic (exact) mass is 559 g/mol. The number of rotatable bonds is 12. The van der Waals surface area contributed by atoms with Gasteiger partial charge in [0.15, 0.2) is 11.5 Å².